The van der Waals surface area contributed by atoms with E-state index in [2.05, 4.69) is 57.2 Å². The Hall–Kier alpha value is -0.620. The third-order valence-corrected chi connectivity index (χ3v) is 4.85. The number of hydrogen-bond donors (Lipinski definition) is 0. The molecule has 0 unspecified atom stereocenters. The Bertz CT molecular complexity index is 589. The fourth-order valence-corrected chi connectivity index (χ4v) is 3.29. The van der Waals surface area contributed by atoms with Crippen LogP contribution in [0.2, 0.25) is 0 Å². The number of aryl methyl sites for hydroxylation is 1. The number of rotatable bonds is 11. The molecule has 0 aliphatic heterocycles. The fourth-order valence-electron chi connectivity index (χ4n) is 2.89. The van der Waals surface area contributed by atoms with Gasteiger partial charge in [0.15, 0.2) is 18.9 Å². The van der Waals surface area contributed by atoms with E-state index >= 15 is 0 Å². The van der Waals surface area contributed by atoms with E-state index in [4.69, 9.17) is 4.74 Å². The molecule has 0 N–H and O–H groups in total. The summed E-state index contributed by atoms with van der Waals surface area (Å²) in [6.07, 6.45) is 13.7. The van der Waals surface area contributed by atoms with Crippen LogP contribution >= 0.6 is 15.9 Å². The van der Waals surface area contributed by atoms with Crippen LogP contribution in [0.15, 0.2) is 48.8 Å². The van der Waals surface area contributed by atoms with Gasteiger partial charge >= 0.3 is 0 Å². The zero-order valence-corrected chi connectivity index (χ0v) is 18.8. The molecule has 2 nitrogen and oxygen atoms in total. The Morgan fingerprint density at radius 3 is 2.24 bits per heavy atom. The number of alkyl halides is 1. The zero-order valence-electron chi connectivity index (χ0n) is 15.1. The minimum Gasteiger partial charge on any atom is -1.00 e. The number of aromatic nitrogens is 1. The molecule has 0 aliphatic carbocycles. The molecule has 0 atom stereocenters. The number of nitrogens with zero attached hydrogens (tertiary/aromatic N) is 1. The van der Waals surface area contributed by atoms with Gasteiger partial charge in [0.25, 0.3) is 0 Å². The van der Waals surface area contributed by atoms with E-state index in [1.54, 1.807) is 7.11 Å². The van der Waals surface area contributed by atoms with Gasteiger partial charge in [-0.3, -0.25) is 0 Å². The van der Waals surface area contributed by atoms with E-state index in [-0.39, 0.29) is 24.0 Å². The largest absolute Gasteiger partial charge is 1.00 e. The van der Waals surface area contributed by atoms with Crippen molar-refractivity contribution >= 4 is 15.9 Å². The first-order valence-corrected chi connectivity index (χ1v) is 10.1. The van der Waals surface area contributed by atoms with Crippen molar-refractivity contribution in [3.63, 3.8) is 0 Å². The Balaban J connectivity index is 0.00000312. The van der Waals surface area contributed by atoms with Crippen molar-refractivity contribution in [2.75, 3.05) is 12.4 Å². The number of pyridine rings is 1. The van der Waals surface area contributed by atoms with Crippen LogP contribution in [0, 0.1) is 0 Å². The van der Waals surface area contributed by atoms with Crippen molar-refractivity contribution in [2.45, 2.75) is 51.5 Å². The first-order chi connectivity index (χ1) is 11.8. The van der Waals surface area contributed by atoms with Crippen molar-refractivity contribution in [3.05, 3.63) is 59.9 Å². The molecule has 0 bridgehead atoms. The lowest BCUT2D eigenvalue weighted by molar-refractivity contribution is -0.688. The van der Waals surface area contributed by atoms with Gasteiger partial charge in [-0.15, -0.1) is 0 Å². The van der Waals surface area contributed by atoms with Gasteiger partial charge in [-0.2, -0.15) is 0 Å². The minimum atomic E-state index is 0. The van der Waals surface area contributed by atoms with Crippen LogP contribution in [0.25, 0.3) is 0 Å². The van der Waals surface area contributed by atoms with Crippen LogP contribution < -0.4 is 33.3 Å². The van der Waals surface area contributed by atoms with Crippen LogP contribution in [0.3, 0.4) is 0 Å². The lowest BCUT2D eigenvalue weighted by Gasteiger charge is -2.04. The molecular formula is C21H29BrINO. The van der Waals surface area contributed by atoms with Crippen molar-refractivity contribution in [3.8, 4) is 5.75 Å². The monoisotopic (exact) mass is 517 g/mol. The van der Waals surface area contributed by atoms with E-state index in [9.17, 15) is 0 Å². The molecule has 0 amide bonds. The number of hydrogen-bond acceptors (Lipinski definition) is 1. The number of unbranched alkanes of at least 4 members (excludes halogenated alkanes) is 5. The number of methoxy groups -OCH3 is 1. The van der Waals surface area contributed by atoms with Crippen LogP contribution in [0.5, 0.6) is 5.75 Å². The average molecular weight is 518 g/mol. The maximum atomic E-state index is 5.22. The quantitative estimate of drug-likeness (QED) is 0.193. The van der Waals surface area contributed by atoms with Crippen LogP contribution in [-0.2, 0) is 13.0 Å². The maximum absolute atomic E-state index is 5.22. The summed E-state index contributed by atoms with van der Waals surface area (Å²) in [6.45, 7) is 0.907. The highest BCUT2D eigenvalue weighted by molar-refractivity contribution is 9.09. The lowest BCUT2D eigenvalue weighted by atomic mass is 10.1. The predicted octanol–water partition coefficient (Wildman–Crippen LogP) is 2.31. The topological polar surface area (TPSA) is 13.1 Å². The van der Waals surface area contributed by atoms with Crippen molar-refractivity contribution in [1.29, 1.82) is 0 Å². The summed E-state index contributed by atoms with van der Waals surface area (Å²) in [5.41, 5.74) is 2.73. The third kappa shape index (κ3) is 9.04. The Morgan fingerprint density at radius 1 is 0.880 bits per heavy atom. The summed E-state index contributed by atoms with van der Waals surface area (Å²) in [7, 11) is 1.70. The molecule has 138 valence electrons. The highest BCUT2D eigenvalue weighted by Crippen LogP contribution is 2.12. The molecule has 0 saturated heterocycles. The van der Waals surface area contributed by atoms with Gasteiger partial charge in [-0.25, -0.2) is 4.57 Å². The molecule has 4 heteroatoms. The molecule has 0 saturated carbocycles. The van der Waals surface area contributed by atoms with Gasteiger partial charge in [0, 0.05) is 22.5 Å². The molecule has 2 rings (SSSR count). The molecule has 0 spiro atoms. The Labute approximate surface area is 178 Å². The molecule has 25 heavy (non-hydrogen) atoms. The van der Waals surface area contributed by atoms with Crippen molar-refractivity contribution < 1.29 is 33.3 Å². The second kappa shape index (κ2) is 13.6. The third-order valence-electron chi connectivity index (χ3n) is 4.29. The van der Waals surface area contributed by atoms with Crippen LogP contribution in [0.1, 0.15) is 49.7 Å². The second-order valence-electron chi connectivity index (χ2n) is 6.29. The summed E-state index contributed by atoms with van der Waals surface area (Å²) in [5, 5.41) is 1.14. The Morgan fingerprint density at radius 2 is 1.56 bits per heavy atom. The van der Waals surface area contributed by atoms with Crippen LogP contribution in [-0.4, -0.2) is 12.4 Å². The smallest absolute Gasteiger partial charge is 0.173 e. The molecular weight excluding hydrogens is 489 g/mol. The van der Waals surface area contributed by atoms with E-state index in [1.807, 2.05) is 12.1 Å². The molecule has 2 aromatic rings. The number of ether oxygens (including phenoxy) is 1. The van der Waals surface area contributed by atoms with Gasteiger partial charge in [0.2, 0.25) is 0 Å². The highest BCUT2D eigenvalue weighted by Gasteiger charge is 2.05. The standard InChI is InChI=1S/C21H29BrNO.HI/c1-24-21-13-11-20(12-14-21)18-23-16-8-10-19(17-23)9-6-4-2-3-5-7-15-22;/h8,10-14,16-17H,2-7,9,15,18H2,1H3;1H/q+1;/p-1. The molecule has 1 aromatic heterocycles. The number of benzene rings is 1. The first-order valence-electron chi connectivity index (χ1n) is 8.98. The molecule has 0 radical (unpaired) electrons. The van der Waals surface area contributed by atoms with Gasteiger partial charge in [-0.05, 0) is 49.6 Å². The van der Waals surface area contributed by atoms with Crippen LogP contribution in [0.4, 0.5) is 0 Å². The normalized spacial score (nSPS) is 10.3. The van der Waals surface area contributed by atoms with Gasteiger partial charge in [0.1, 0.15) is 5.75 Å². The first kappa shape index (κ1) is 22.4. The molecule has 0 aliphatic rings. The summed E-state index contributed by atoms with van der Waals surface area (Å²) >= 11 is 3.49. The number of halogens is 2. The zero-order chi connectivity index (χ0) is 17.0. The summed E-state index contributed by atoms with van der Waals surface area (Å²) in [5.74, 6) is 0.911. The summed E-state index contributed by atoms with van der Waals surface area (Å²) in [6, 6.07) is 12.7. The van der Waals surface area contributed by atoms with Gasteiger partial charge in [0.05, 0.1) is 7.11 Å². The van der Waals surface area contributed by atoms with Gasteiger partial charge in [-0.1, -0.05) is 41.6 Å². The van der Waals surface area contributed by atoms with E-state index < -0.39 is 0 Å². The van der Waals surface area contributed by atoms with Crippen molar-refractivity contribution in [2.24, 2.45) is 0 Å². The average Bonchev–Trinajstić information content (AvgIpc) is 2.62. The molecule has 1 aromatic carbocycles. The van der Waals surface area contributed by atoms with E-state index in [0.29, 0.717) is 0 Å². The highest BCUT2D eigenvalue weighted by atomic mass is 127. The molecule has 0 fully saturated rings. The summed E-state index contributed by atoms with van der Waals surface area (Å²) < 4.78 is 7.49. The van der Waals surface area contributed by atoms with E-state index in [1.165, 1.54) is 56.1 Å². The van der Waals surface area contributed by atoms with E-state index in [0.717, 1.165) is 17.6 Å². The van der Waals surface area contributed by atoms with Gasteiger partial charge < -0.3 is 28.7 Å². The maximum Gasteiger partial charge on any atom is 0.173 e. The Kier molecular flexibility index (Phi) is 12.2. The lowest BCUT2D eigenvalue weighted by Crippen LogP contribution is -3.00. The SMILES string of the molecule is COc1ccc(C[n+]2cccc(CCCCCCCCBr)c2)cc1.[I-]. The second-order valence-corrected chi connectivity index (χ2v) is 7.09. The van der Waals surface area contributed by atoms with Crippen molar-refractivity contribution in [1.82, 2.24) is 0 Å². The summed E-state index contributed by atoms with van der Waals surface area (Å²) in [4.78, 5) is 0. The minimum absolute atomic E-state index is 0. The molecule has 1 heterocycles. The predicted molar refractivity (Wildman–Crippen MR) is 104 cm³/mol. The fraction of sp³-hybridized carbons (Fsp3) is 0.476.